The Balaban J connectivity index is 2.65. The first-order valence-electron chi connectivity index (χ1n) is 5.27. The van der Waals surface area contributed by atoms with Gasteiger partial charge in [0.05, 0.1) is 6.04 Å². The van der Waals surface area contributed by atoms with E-state index in [1.54, 1.807) is 7.05 Å². The van der Waals surface area contributed by atoms with E-state index in [1.165, 1.54) is 0 Å². The Morgan fingerprint density at radius 3 is 2.62 bits per heavy atom. The molecular weight excluding hydrogens is 268 g/mol. The van der Waals surface area contributed by atoms with E-state index in [-0.39, 0.29) is 18.0 Å². The molecule has 0 radical (unpaired) electrons. The van der Waals surface area contributed by atoms with Crippen LogP contribution in [-0.4, -0.2) is 19.0 Å². The average molecular weight is 285 g/mol. The summed E-state index contributed by atoms with van der Waals surface area (Å²) in [5.41, 5.74) is 1.16. The van der Waals surface area contributed by atoms with E-state index < -0.39 is 0 Å². The zero-order valence-electron chi connectivity index (χ0n) is 9.75. The van der Waals surface area contributed by atoms with Gasteiger partial charge in [-0.1, -0.05) is 28.1 Å². The van der Waals surface area contributed by atoms with Crippen LogP contribution in [0.5, 0.6) is 0 Å². The molecule has 1 aromatic carbocycles. The molecule has 0 heterocycles. The summed E-state index contributed by atoms with van der Waals surface area (Å²) in [5, 5.41) is 5.86. The Morgan fingerprint density at radius 1 is 1.38 bits per heavy atom. The predicted molar refractivity (Wildman–Crippen MR) is 69.2 cm³/mol. The highest BCUT2D eigenvalue weighted by Gasteiger charge is 2.14. The van der Waals surface area contributed by atoms with E-state index >= 15 is 0 Å². The number of benzene rings is 1. The van der Waals surface area contributed by atoms with E-state index in [4.69, 9.17) is 0 Å². The first kappa shape index (κ1) is 13.2. The molecule has 0 aliphatic heterocycles. The van der Waals surface area contributed by atoms with Crippen molar-refractivity contribution in [1.29, 1.82) is 0 Å². The SMILES string of the molecule is CNC(=O)[C@@H](C)NC(C)c1cccc(Br)c1. The quantitative estimate of drug-likeness (QED) is 0.890. The van der Waals surface area contributed by atoms with Crippen LogP contribution in [0.3, 0.4) is 0 Å². The van der Waals surface area contributed by atoms with E-state index in [0.717, 1.165) is 10.0 Å². The van der Waals surface area contributed by atoms with Crippen molar-refractivity contribution < 1.29 is 4.79 Å². The first-order valence-corrected chi connectivity index (χ1v) is 6.07. The van der Waals surface area contributed by atoms with Crippen molar-refractivity contribution in [2.45, 2.75) is 25.9 Å². The molecule has 0 aliphatic rings. The second-order valence-corrected chi connectivity index (χ2v) is 4.69. The third kappa shape index (κ3) is 3.61. The Labute approximate surface area is 105 Å². The molecular formula is C12H17BrN2O. The van der Waals surface area contributed by atoms with Crippen LogP contribution in [0.1, 0.15) is 25.5 Å². The molecule has 0 fully saturated rings. The largest absolute Gasteiger partial charge is 0.358 e. The van der Waals surface area contributed by atoms with Crippen molar-refractivity contribution in [3.63, 3.8) is 0 Å². The average Bonchev–Trinajstić information content (AvgIpc) is 2.27. The van der Waals surface area contributed by atoms with Gasteiger partial charge in [-0.25, -0.2) is 0 Å². The highest BCUT2D eigenvalue weighted by molar-refractivity contribution is 9.10. The highest BCUT2D eigenvalue weighted by atomic mass is 79.9. The van der Waals surface area contributed by atoms with Crippen molar-refractivity contribution in [2.75, 3.05) is 7.05 Å². The summed E-state index contributed by atoms with van der Waals surface area (Å²) in [5.74, 6) is 0.00171. The number of halogens is 1. The zero-order valence-corrected chi connectivity index (χ0v) is 11.3. The Kier molecular flexibility index (Phi) is 4.96. The third-order valence-corrected chi connectivity index (χ3v) is 2.98. The summed E-state index contributed by atoms with van der Waals surface area (Å²) in [6.45, 7) is 3.90. The van der Waals surface area contributed by atoms with Crippen LogP contribution in [0.4, 0.5) is 0 Å². The fraction of sp³-hybridized carbons (Fsp3) is 0.417. The molecule has 0 saturated carbocycles. The van der Waals surface area contributed by atoms with Crippen LogP contribution in [-0.2, 0) is 4.79 Å². The molecule has 0 aromatic heterocycles. The van der Waals surface area contributed by atoms with Crippen molar-refractivity contribution in [3.8, 4) is 0 Å². The fourth-order valence-electron chi connectivity index (χ4n) is 1.54. The molecule has 0 bridgehead atoms. The van der Waals surface area contributed by atoms with Crippen LogP contribution in [0.2, 0.25) is 0 Å². The predicted octanol–water partition coefficient (Wildman–Crippen LogP) is 2.23. The van der Waals surface area contributed by atoms with Crippen LogP contribution in [0.15, 0.2) is 28.7 Å². The van der Waals surface area contributed by atoms with E-state index in [9.17, 15) is 4.79 Å². The van der Waals surface area contributed by atoms with Crippen LogP contribution >= 0.6 is 15.9 Å². The smallest absolute Gasteiger partial charge is 0.236 e. The monoisotopic (exact) mass is 284 g/mol. The molecule has 0 spiro atoms. The Hall–Kier alpha value is -0.870. The topological polar surface area (TPSA) is 41.1 Å². The fourth-order valence-corrected chi connectivity index (χ4v) is 1.96. The molecule has 4 heteroatoms. The summed E-state index contributed by atoms with van der Waals surface area (Å²) >= 11 is 3.43. The molecule has 16 heavy (non-hydrogen) atoms. The van der Waals surface area contributed by atoms with E-state index in [1.807, 2.05) is 38.1 Å². The number of hydrogen-bond donors (Lipinski definition) is 2. The second-order valence-electron chi connectivity index (χ2n) is 3.78. The Bertz CT molecular complexity index is 368. The van der Waals surface area contributed by atoms with Crippen molar-refractivity contribution in [3.05, 3.63) is 34.3 Å². The van der Waals surface area contributed by atoms with Gasteiger partial charge in [0.1, 0.15) is 0 Å². The van der Waals surface area contributed by atoms with Gasteiger partial charge in [0.25, 0.3) is 0 Å². The van der Waals surface area contributed by atoms with Crippen molar-refractivity contribution in [1.82, 2.24) is 10.6 Å². The lowest BCUT2D eigenvalue weighted by Crippen LogP contribution is -2.41. The lowest BCUT2D eigenvalue weighted by Gasteiger charge is -2.19. The number of carbonyl (C=O) groups excluding carboxylic acids is 1. The van der Waals surface area contributed by atoms with Crippen molar-refractivity contribution in [2.24, 2.45) is 0 Å². The van der Waals surface area contributed by atoms with E-state index in [0.29, 0.717) is 0 Å². The van der Waals surface area contributed by atoms with Gasteiger partial charge in [0.2, 0.25) is 5.91 Å². The van der Waals surface area contributed by atoms with E-state index in [2.05, 4.69) is 26.6 Å². The molecule has 0 aliphatic carbocycles. The minimum atomic E-state index is -0.195. The molecule has 1 aromatic rings. The zero-order chi connectivity index (χ0) is 12.1. The highest BCUT2D eigenvalue weighted by Crippen LogP contribution is 2.18. The summed E-state index contributed by atoms with van der Waals surface area (Å²) < 4.78 is 1.05. The number of carbonyl (C=O) groups is 1. The summed E-state index contributed by atoms with van der Waals surface area (Å²) in [4.78, 5) is 11.4. The van der Waals surface area contributed by atoms with Gasteiger partial charge in [-0.15, -0.1) is 0 Å². The summed E-state index contributed by atoms with van der Waals surface area (Å²) in [6.07, 6.45) is 0. The number of nitrogens with one attached hydrogen (secondary N) is 2. The first-order chi connectivity index (χ1) is 7.54. The van der Waals surface area contributed by atoms with Gasteiger partial charge in [-0.2, -0.15) is 0 Å². The molecule has 1 unspecified atom stereocenters. The minimum Gasteiger partial charge on any atom is -0.358 e. The number of hydrogen-bond acceptors (Lipinski definition) is 2. The normalized spacial score (nSPS) is 14.2. The van der Waals surface area contributed by atoms with Gasteiger partial charge >= 0.3 is 0 Å². The molecule has 2 atom stereocenters. The third-order valence-electron chi connectivity index (χ3n) is 2.49. The molecule has 88 valence electrons. The van der Waals surface area contributed by atoms with Gasteiger partial charge < -0.3 is 5.32 Å². The Morgan fingerprint density at radius 2 is 2.06 bits per heavy atom. The molecule has 1 amide bonds. The van der Waals surface area contributed by atoms with Crippen LogP contribution < -0.4 is 10.6 Å². The lowest BCUT2D eigenvalue weighted by molar-refractivity contribution is -0.122. The summed E-state index contributed by atoms with van der Waals surface area (Å²) in [7, 11) is 1.64. The maximum Gasteiger partial charge on any atom is 0.236 e. The van der Waals surface area contributed by atoms with Gasteiger partial charge in [0, 0.05) is 17.6 Å². The number of likely N-dealkylation sites (N-methyl/N-ethyl adjacent to an activating group) is 1. The molecule has 2 N–H and O–H groups in total. The van der Waals surface area contributed by atoms with Gasteiger partial charge in [-0.3, -0.25) is 10.1 Å². The molecule has 3 nitrogen and oxygen atoms in total. The molecule has 0 saturated heterocycles. The second kappa shape index (κ2) is 6.01. The number of amides is 1. The van der Waals surface area contributed by atoms with Gasteiger partial charge in [-0.05, 0) is 31.5 Å². The van der Waals surface area contributed by atoms with Crippen LogP contribution in [0.25, 0.3) is 0 Å². The molecule has 1 rings (SSSR count). The minimum absolute atomic E-state index is 0.00171. The summed E-state index contributed by atoms with van der Waals surface area (Å²) in [6, 6.07) is 8.01. The maximum absolute atomic E-state index is 11.4. The standard InChI is InChI=1S/C12H17BrN2O/c1-8(15-9(2)12(16)14-3)10-5-4-6-11(13)7-10/h4-9,15H,1-3H3,(H,14,16)/t8?,9-/m1/s1. The van der Waals surface area contributed by atoms with Crippen molar-refractivity contribution >= 4 is 21.8 Å². The lowest BCUT2D eigenvalue weighted by atomic mass is 10.1. The van der Waals surface area contributed by atoms with Crippen LogP contribution in [0, 0.1) is 0 Å². The number of rotatable bonds is 4. The maximum atomic E-state index is 11.4. The van der Waals surface area contributed by atoms with Gasteiger partial charge in [0.15, 0.2) is 0 Å².